The van der Waals surface area contributed by atoms with Crippen molar-refractivity contribution in [3.63, 3.8) is 0 Å². The molecule has 1 aromatic heterocycles. The van der Waals surface area contributed by atoms with Crippen molar-refractivity contribution in [3.05, 3.63) is 59.2 Å². The number of nitrogens with zero attached hydrogens (tertiary/aromatic N) is 1. The number of rotatable bonds is 6. The average Bonchev–Trinajstić information content (AvgIpc) is 2.69. The normalized spacial score (nSPS) is 12.5. The molecule has 3 aromatic rings. The summed E-state index contributed by atoms with van der Waals surface area (Å²) >= 11 is 5.92. The Morgan fingerprint density at radius 2 is 1.97 bits per heavy atom. The van der Waals surface area contributed by atoms with Crippen molar-refractivity contribution in [2.75, 3.05) is 6.61 Å². The van der Waals surface area contributed by atoms with Crippen molar-refractivity contribution in [1.29, 1.82) is 0 Å². The number of fused-ring (bicyclic) bond motifs is 1. The van der Waals surface area contributed by atoms with Crippen molar-refractivity contribution in [3.8, 4) is 17.4 Å². The number of carbonyl (C=O) groups is 1. The van der Waals surface area contributed by atoms with Gasteiger partial charge in [-0.2, -0.15) is 13.2 Å². The van der Waals surface area contributed by atoms with Crippen LogP contribution in [-0.4, -0.2) is 23.7 Å². The fourth-order valence-electron chi connectivity index (χ4n) is 2.67. The van der Waals surface area contributed by atoms with Gasteiger partial charge in [0.1, 0.15) is 16.5 Å². The molecule has 0 aliphatic rings. The molecule has 1 unspecified atom stereocenters. The van der Waals surface area contributed by atoms with Gasteiger partial charge in [-0.1, -0.05) is 23.7 Å². The summed E-state index contributed by atoms with van der Waals surface area (Å²) in [5.74, 6) is 0.184. The lowest BCUT2D eigenvalue weighted by molar-refractivity contribution is -0.150. The van der Waals surface area contributed by atoms with Gasteiger partial charge in [0.15, 0.2) is 6.10 Å². The van der Waals surface area contributed by atoms with E-state index >= 15 is 0 Å². The van der Waals surface area contributed by atoms with E-state index in [-0.39, 0.29) is 17.5 Å². The fourth-order valence-corrected chi connectivity index (χ4v) is 2.87. The first-order valence-electron chi connectivity index (χ1n) is 8.95. The third-order valence-electron chi connectivity index (χ3n) is 4.08. The van der Waals surface area contributed by atoms with Gasteiger partial charge >= 0.3 is 12.1 Å². The first-order valence-corrected chi connectivity index (χ1v) is 9.33. The molecule has 0 radical (unpaired) electrons. The zero-order valence-electron chi connectivity index (χ0n) is 16.0. The number of ether oxygens (including phenoxy) is 3. The van der Waals surface area contributed by atoms with E-state index in [4.69, 9.17) is 25.8 Å². The Hall–Kier alpha value is -3.00. The molecular formula is C21H17ClF3NO4. The number of benzene rings is 2. The Balaban J connectivity index is 1.85. The molecule has 0 bridgehead atoms. The lowest BCUT2D eigenvalue weighted by Crippen LogP contribution is -2.26. The molecule has 0 N–H and O–H groups in total. The number of alkyl halides is 3. The predicted octanol–water partition coefficient (Wildman–Crippen LogP) is 6.03. The van der Waals surface area contributed by atoms with E-state index in [9.17, 15) is 18.0 Å². The number of hydrogen-bond donors (Lipinski definition) is 0. The number of aromatic nitrogens is 1. The van der Waals surface area contributed by atoms with Gasteiger partial charge in [-0.05, 0) is 49.6 Å². The molecule has 2 aromatic carbocycles. The minimum Gasteiger partial charge on any atom is -0.479 e. The average molecular weight is 440 g/mol. The molecule has 1 atom stereocenters. The van der Waals surface area contributed by atoms with Crippen LogP contribution < -0.4 is 9.47 Å². The number of halogens is 4. The van der Waals surface area contributed by atoms with Gasteiger partial charge in [0, 0.05) is 11.6 Å². The van der Waals surface area contributed by atoms with Crippen LogP contribution in [0.15, 0.2) is 48.7 Å². The molecule has 0 aliphatic heterocycles. The number of pyridine rings is 1. The highest BCUT2D eigenvalue weighted by Gasteiger charge is 2.31. The molecule has 0 amide bonds. The lowest BCUT2D eigenvalue weighted by Gasteiger charge is -2.15. The molecule has 30 heavy (non-hydrogen) atoms. The monoisotopic (exact) mass is 439 g/mol. The van der Waals surface area contributed by atoms with E-state index in [1.165, 1.54) is 0 Å². The second-order valence-electron chi connectivity index (χ2n) is 6.26. The second-order valence-corrected chi connectivity index (χ2v) is 6.67. The summed E-state index contributed by atoms with van der Waals surface area (Å²) in [5, 5.41) is 1.13. The summed E-state index contributed by atoms with van der Waals surface area (Å²) in [6.07, 6.45) is -4.67. The van der Waals surface area contributed by atoms with Gasteiger partial charge in [0.05, 0.1) is 12.2 Å². The largest absolute Gasteiger partial charge is 0.479 e. The number of carbonyl (C=O) groups excluding carboxylic acids is 1. The first kappa shape index (κ1) is 21.7. The minimum absolute atomic E-state index is 0.145. The van der Waals surface area contributed by atoms with Crippen LogP contribution in [0.25, 0.3) is 10.8 Å². The number of esters is 1. The van der Waals surface area contributed by atoms with E-state index in [1.54, 1.807) is 50.2 Å². The molecule has 3 rings (SSSR count). The summed E-state index contributed by atoms with van der Waals surface area (Å²) in [5.41, 5.74) is -0.963. The van der Waals surface area contributed by atoms with Crippen molar-refractivity contribution in [2.45, 2.75) is 26.1 Å². The highest BCUT2D eigenvalue weighted by molar-refractivity contribution is 6.31. The lowest BCUT2D eigenvalue weighted by atomic mass is 10.1. The fraction of sp³-hybridized carbons (Fsp3) is 0.238. The topological polar surface area (TPSA) is 57.7 Å². The molecule has 5 nitrogen and oxygen atoms in total. The van der Waals surface area contributed by atoms with Gasteiger partial charge in [-0.3, -0.25) is 0 Å². The maximum atomic E-state index is 12.8. The minimum atomic E-state index is -4.55. The van der Waals surface area contributed by atoms with Gasteiger partial charge in [0.25, 0.3) is 0 Å². The molecular weight excluding hydrogens is 423 g/mol. The molecule has 0 saturated carbocycles. The van der Waals surface area contributed by atoms with Gasteiger partial charge in [-0.15, -0.1) is 0 Å². The van der Waals surface area contributed by atoms with Crippen LogP contribution in [-0.2, 0) is 15.7 Å². The summed E-state index contributed by atoms with van der Waals surface area (Å²) in [6, 6.07) is 11.0. The van der Waals surface area contributed by atoms with E-state index < -0.39 is 23.8 Å². The molecule has 9 heteroatoms. The van der Waals surface area contributed by atoms with Crippen molar-refractivity contribution >= 4 is 28.3 Å². The van der Waals surface area contributed by atoms with E-state index in [0.717, 1.165) is 11.5 Å². The summed E-state index contributed by atoms with van der Waals surface area (Å²) in [4.78, 5) is 15.4. The molecule has 0 fully saturated rings. The Morgan fingerprint density at radius 1 is 1.20 bits per heavy atom. The Morgan fingerprint density at radius 3 is 2.63 bits per heavy atom. The predicted molar refractivity (Wildman–Crippen MR) is 105 cm³/mol. The van der Waals surface area contributed by atoms with Gasteiger partial charge < -0.3 is 14.2 Å². The zero-order valence-corrected chi connectivity index (χ0v) is 16.8. The highest BCUT2D eigenvalue weighted by Crippen LogP contribution is 2.37. The Kier molecular flexibility index (Phi) is 6.36. The third kappa shape index (κ3) is 4.94. The van der Waals surface area contributed by atoms with Crippen LogP contribution in [0.2, 0.25) is 5.02 Å². The van der Waals surface area contributed by atoms with Gasteiger partial charge in [-0.25, -0.2) is 9.78 Å². The van der Waals surface area contributed by atoms with E-state index in [2.05, 4.69) is 4.98 Å². The first-order chi connectivity index (χ1) is 14.2. The van der Waals surface area contributed by atoms with Crippen LogP contribution in [0.4, 0.5) is 13.2 Å². The van der Waals surface area contributed by atoms with Gasteiger partial charge in [0.2, 0.25) is 5.88 Å². The molecule has 1 heterocycles. The van der Waals surface area contributed by atoms with E-state index in [1.807, 2.05) is 0 Å². The standard InChI is InChI=1S/C21H17ClF3NO4/c1-3-28-20(27)12(2)29-15-7-8-16-13(9-15)5-4-6-18(16)30-19-17(22)10-14(11-26-19)21(23,24)25/h4-12H,3H2,1-2H3. The molecule has 0 saturated heterocycles. The Bertz CT molecular complexity index is 1070. The van der Waals surface area contributed by atoms with E-state index in [0.29, 0.717) is 23.1 Å². The Labute approximate surface area is 175 Å². The summed E-state index contributed by atoms with van der Waals surface area (Å²) in [7, 11) is 0. The van der Waals surface area contributed by atoms with Crippen LogP contribution in [0.3, 0.4) is 0 Å². The van der Waals surface area contributed by atoms with Crippen molar-refractivity contribution in [2.24, 2.45) is 0 Å². The van der Waals surface area contributed by atoms with Crippen LogP contribution >= 0.6 is 11.6 Å². The highest BCUT2D eigenvalue weighted by atomic mass is 35.5. The SMILES string of the molecule is CCOC(=O)C(C)Oc1ccc2c(Oc3ncc(C(F)(F)F)cc3Cl)cccc2c1. The van der Waals surface area contributed by atoms with Crippen LogP contribution in [0, 0.1) is 0 Å². The summed E-state index contributed by atoms with van der Waals surface area (Å²) < 4.78 is 54.5. The second kappa shape index (κ2) is 8.79. The maximum Gasteiger partial charge on any atom is 0.417 e. The van der Waals surface area contributed by atoms with Crippen molar-refractivity contribution in [1.82, 2.24) is 4.98 Å². The molecule has 0 aliphatic carbocycles. The smallest absolute Gasteiger partial charge is 0.417 e. The van der Waals surface area contributed by atoms with Crippen molar-refractivity contribution < 1.29 is 32.2 Å². The maximum absolute atomic E-state index is 12.8. The number of hydrogen-bond acceptors (Lipinski definition) is 5. The zero-order chi connectivity index (χ0) is 21.9. The van der Waals surface area contributed by atoms with Crippen LogP contribution in [0.1, 0.15) is 19.4 Å². The van der Waals surface area contributed by atoms with Crippen LogP contribution in [0.5, 0.6) is 17.4 Å². The molecule has 158 valence electrons. The third-order valence-corrected chi connectivity index (χ3v) is 4.36. The molecule has 0 spiro atoms. The summed E-state index contributed by atoms with van der Waals surface area (Å²) in [6.45, 7) is 3.55. The quantitative estimate of drug-likeness (QED) is 0.439.